The Balaban J connectivity index is 1.33. The van der Waals surface area contributed by atoms with Crippen LogP contribution in [0, 0.1) is 11.8 Å². The summed E-state index contributed by atoms with van der Waals surface area (Å²) in [5, 5.41) is 44.6. The van der Waals surface area contributed by atoms with E-state index in [9.17, 15) is 24.9 Å². The number of rotatable bonds is 7. The highest BCUT2D eigenvalue weighted by Crippen LogP contribution is 2.57. The van der Waals surface area contributed by atoms with Gasteiger partial charge in [0.1, 0.15) is 29.4 Å². The first-order chi connectivity index (χ1) is 23.3. The van der Waals surface area contributed by atoms with Crippen LogP contribution in [-0.4, -0.2) is 69.3 Å². The van der Waals surface area contributed by atoms with Crippen molar-refractivity contribution in [1.82, 2.24) is 15.4 Å². The van der Waals surface area contributed by atoms with Crippen LogP contribution in [0.1, 0.15) is 71.6 Å². The quantitative estimate of drug-likeness (QED) is 0.191. The van der Waals surface area contributed by atoms with E-state index in [1.54, 1.807) is 19.0 Å². The van der Waals surface area contributed by atoms with Gasteiger partial charge in [0.2, 0.25) is 11.6 Å². The van der Waals surface area contributed by atoms with E-state index >= 15 is 0 Å². The molecule has 1 saturated carbocycles. The van der Waals surface area contributed by atoms with Crippen molar-refractivity contribution < 1.29 is 38.9 Å². The number of hydrogen-bond donors (Lipinski definition) is 4. The van der Waals surface area contributed by atoms with Crippen LogP contribution in [0.15, 0.2) is 58.6 Å². The van der Waals surface area contributed by atoms with Gasteiger partial charge in [-0.15, -0.1) is 0 Å². The Labute approximate surface area is 284 Å². The third kappa shape index (κ3) is 5.10. The van der Waals surface area contributed by atoms with E-state index in [-0.39, 0.29) is 59.1 Å². The summed E-state index contributed by atoms with van der Waals surface area (Å²) in [6.07, 6.45) is 0.394. The van der Waals surface area contributed by atoms with Crippen molar-refractivity contribution >= 4 is 28.1 Å². The Morgan fingerprint density at radius 3 is 2.43 bits per heavy atom. The lowest BCUT2D eigenvalue weighted by molar-refractivity contribution is -0.142. The third-order valence-corrected chi connectivity index (χ3v) is 10.1. The Bertz CT molecular complexity index is 2030. The lowest BCUT2D eigenvalue weighted by Gasteiger charge is -2.49. The van der Waals surface area contributed by atoms with Gasteiger partial charge in [-0.05, 0) is 76.0 Å². The zero-order chi connectivity index (χ0) is 35.0. The zero-order valence-electron chi connectivity index (χ0n) is 28.5. The van der Waals surface area contributed by atoms with E-state index in [0.29, 0.717) is 28.6 Å². The molecular formula is C38H41N3O8. The maximum absolute atomic E-state index is 14.6. The Kier molecular flexibility index (Phi) is 7.85. The molecule has 256 valence electrons. The summed E-state index contributed by atoms with van der Waals surface area (Å²) in [6, 6.07) is 14.3. The summed E-state index contributed by atoms with van der Waals surface area (Å²) in [7, 11) is 5.09. The number of aromatic hydroxyl groups is 1. The van der Waals surface area contributed by atoms with Crippen molar-refractivity contribution in [2.75, 3.05) is 21.2 Å². The van der Waals surface area contributed by atoms with Crippen LogP contribution >= 0.6 is 0 Å². The number of benzene rings is 3. The second kappa shape index (κ2) is 11.7. The van der Waals surface area contributed by atoms with Crippen molar-refractivity contribution in [3.05, 3.63) is 87.7 Å². The molecule has 1 aromatic heterocycles. The molecule has 49 heavy (non-hydrogen) atoms. The first-order valence-electron chi connectivity index (χ1n) is 16.4. The minimum absolute atomic E-state index is 0.0666. The number of nitrogens with zero attached hydrogens (tertiary/aromatic N) is 2. The number of ether oxygens (including phenoxy) is 2. The van der Waals surface area contributed by atoms with Gasteiger partial charge in [-0.1, -0.05) is 42.5 Å². The molecule has 3 aliphatic rings. The number of Topliss-reactive ketones (excluding diaryl/α,β-unsaturated/α-hetero) is 2. The molecule has 11 heteroatoms. The summed E-state index contributed by atoms with van der Waals surface area (Å²) in [5.74, 6) is -3.39. The van der Waals surface area contributed by atoms with Crippen molar-refractivity contribution in [3.8, 4) is 17.4 Å². The van der Waals surface area contributed by atoms with Gasteiger partial charge in [0.05, 0.1) is 18.7 Å². The van der Waals surface area contributed by atoms with Gasteiger partial charge >= 0.3 is 0 Å². The molecule has 11 nitrogen and oxygen atoms in total. The number of carbonyl (C=O) groups is 2. The number of hydrogen-bond acceptors (Lipinski definition) is 11. The first kappa shape index (κ1) is 32.8. The molecule has 4 N–H and O–H groups in total. The van der Waals surface area contributed by atoms with Gasteiger partial charge in [0.15, 0.2) is 11.4 Å². The SMILES string of the molecule is COc1c2c(c(O)c3cc(CNC(C)(C)C)ccc13)C(O)=C1C(=O)[C@]3(O)C(=O)c4c(OCc5ccccc5)noc4[C@@H](N(C)C)[C@@H]3C[C@@H]1C2. The zero-order valence-corrected chi connectivity index (χ0v) is 28.5. The minimum atomic E-state index is -2.54. The van der Waals surface area contributed by atoms with Gasteiger partial charge in [0, 0.05) is 39.9 Å². The van der Waals surface area contributed by atoms with Crippen LogP contribution in [0.5, 0.6) is 17.4 Å². The number of aliphatic hydroxyl groups excluding tert-OH is 1. The predicted molar refractivity (Wildman–Crippen MR) is 182 cm³/mol. The Hall–Kier alpha value is -4.71. The molecule has 7 rings (SSSR count). The molecule has 1 fully saturated rings. The number of carbonyl (C=O) groups excluding carboxylic acids is 2. The lowest BCUT2D eigenvalue weighted by atomic mass is 9.57. The highest BCUT2D eigenvalue weighted by atomic mass is 16.5. The van der Waals surface area contributed by atoms with E-state index in [1.807, 2.05) is 48.5 Å². The van der Waals surface area contributed by atoms with Crippen LogP contribution < -0.4 is 14.8 Å². The molecule has 0 unspecified atom stereocenters. The monoisotopic (exact) mass is 667 g/mol. The molecule has 0 saturated heterocycles. The topological polar surface area (TPSA) is 155 Å². The van der Waals surface area contributed by atoms with Crippen LogP contribution in [0.3, 0.4) is 0 Å². The average molecular weight is 668 g/mol. The van der Waals surface area contributed by atoms with Crippen LogP contribution in [0.4, 0.5) is 0 Å². The molecule has 0 radical (unpaired) electrons. The lowest BCUT2D eigenvalue weighted by Crippen LogP contribution is -2.63. The van der Waals surface area contributed by atoms with Crippen LogP contribution in [0.2, 0.25) is 0 Å². The maximum atomic E-state index is 14.6. The van der Waals surface area contributed by atoms with Gasteiger partial charge in [-0.3, -0.25) is 14.5 Å². The second-order valence-electron chi connectivity index (χ2n) is 14.6. The fourth-order valence-corrected chi connectivity index (χ4v) is 7.84. The Morgan fingerprint density at radius 2 is 1.76 bits per heavy atom. The molecule has 0 bridgehead atoms. The summed E-state index contributed by atoms with van der Waals surface area (Å²) in [6.45, 7) is 6.81. The van der Waals surface area contributed by atoms with Gasteiger partial charge < -0.3 is 34.6 Å². The molecule has 0 spiro atoms. The number of phenolic OH excluding ortho intramolecular Hbond substituents is 1. The molecule has 3 aromatic carbocycles. The number of aliphatic hydroxyl groups is 2. The van der Waals surface area contributed by atoms with Crippen molar-refractivity contribution in [1.29, 1.82) is 0 Å². The standard InChI is InChI=1S/C38H41N3O8/c1-37(2,3)39-17-20-12-13-22-23(14-20)30(42)27-24(32(22)47-6)15-21-16-25-29(41(4)5)33-28(35(45)38(25,46)34(44)26(21)31(27)43)36(40-49-33)48-18-19-10-8-7-9-11-19/h7-14,21,25,29,39,42-43,46H,15-18H2,1-6H3/t21-,25-,29-,38-/m0/s1. The fourth-order valence-electron chi connectivity index (χ4n) is 7.84. The normalized spacial score (nSPS) is 23.3. The number of fused-ring (bicyclic) bond motifs is 5. The number of nitrogens with one attached hydrogen (secondary N) is 1. The largest absolute Gasteiger partial charge is 0.507 e. The summed E-state index contributed by atoms with van der Waals surface area (Å²) in [5.41, 5.74) is -0.506. The third-order valence-electron chi connectivity index (χ3n) is 10.1. The molecule has 0 aliphatic heterocycles. The van der Waals surface area contributed by atoms with E-state index in [0.717, 1.165) is 11.1 Å². The van der Waals surface area contributed by atoms with Crippen LogP contribution in [-0.2, 0) is 24.4 Å². The molecule has 1 heterocycles. The molecular weight excluding hydrogens is 626 g/mol. The Morgan fingerprint density at radius 1 is 1.02 bits per heavy atom. The van der Waals surface area contributed by atoms with Crippen molar-refractivity contribution in [3.63, 3.8) is 0 Å². The van der Waals surface area contributed by atoms with Crippen molar-refractivity contribution in [2.45, 2.75) is 63.9 Å². The van der Waals surface area contributed by atoms with Gasteiger partial charge in [0.25, 0.3) is 5.88 Å². The minimum Gasteiger partial charge on any atom is -0.507 e. The summed E-state index contributed by atoms with van der Waals surface area (Å²) >= 11 is 0. The highest BCUT2D eigenvalue weighted by Gasteiger charge is 2.65. The number of aromatic nitrogens is 1. The molecule has 0 amide bonds. The maximum Gasteiger partial charge on any atom is 0.265 e. The molecule has 4 aromatic rings. The summed E-state index contributed by atoms with van der Waals surface area (Å²) in [4.78, 5) is 30.7. The fraction of sp³-hybridized carbons (Fsp3) is 0.395. The van der Waals surface area contributed by atoms with E-state index < -0.39 is 40.8 Å². The summed E-state index contributed by atoms with van der Waals surface area (Å²) < 4.78 is 17.5. The van der Waals surface area contributed by atoms with E-state index in [1.165, 1.54) is 7.11 Å². The molecule has 3 aliphatic carbocycles. The van der Waals surface area contributed by atoms with Crippen LogP contribution in [0.25, 0.3) is 16.5 Å². The first-order valence-corrected chi connectivity index (χ1v) is 16.4. The van der Waals surface area contributed by atoms with E-state index in [2.05, 4.69) is 31.2 Å². The van der Waals surface area contributed by atoms with E-state index in [4.69, 9.17) is 14.0 Å². The number of methoxy groups -OCH3 is 1. The van der Waals surface area contributed by atoms with Gasteiger partial charge in [-0.2, -0.15) is 0 Å². The second-order valence-corrected chi connectivity index (χ2v) is 14.6. The predicted octanol–water partition coefficient (Wildman–Crippen LogP) is 5.27. The number of ketones is 2. The average Bonchev–Trinajstić information content (AvgIpc) is 3.48. The van der Waals surface area contributed by atoms with Crippen molar-refractivity contribution in [2.24, 2.45) is 11.8 Å². The highest BCUT2D eigenvalue weighted by molar-refractivity contribution is 6.26. The molecule has 4 atom stereocenters. The van der Waals surface area contributed by atoms with Gasteiger partial charge in [-0.25, -0.2) is 0 Å². The smallest absolute Gasteiger partial charge is 0.265 e. The number of phenols is 1.